The van der Waals surface area contributed by atoms with Crippen LogP contribution >= 0.6 is 0 Å². The molecule has 7 nitrogen and oxygen atoms in total. The molecule has 1 aliphatic carbocycles. The van der Waals surface area contributed by atoms with Crippen LogP contribution in [0.2, 0.25) is 0 Å². The zero-order valence-corrected chi connectivity index (χ0v) is 19.8. The van der Waals surface area contributed by atoms with Gasteiger partial charge in [-0.1, -0.05) is 31.4 Å². The van der Waals surface area contributed by atoms with E-state index >= 15 is 0 Å². The van der Waals surface area contributed by atoms with Gasteiger partial charge in [-0.3, -0.25) is 4.79 Å². The summed E-state index contributed by atoms with van der Waals surface area (Å²) in [7, 11) is -0.245. The Morgan fingerprint density at radius 3 is 2.41 bits per heavy atom. The lowest BCUT2D eigenvalue weighted by Gasteiger charge is -2.23. The molecule has 0 saturated heterocycles. The van der Waals surface area contributed by atoms with Crippen molar-refractivity contribution in [1.29, 1.82) is 0 Å². The summed E-state index contributed by atoms with van der Waals surface area (Å²) >= 11 is 0. The number of hydrogen-bond acceptors (Lipinski definition) is 5. The van der Waals surface area contributed by atoms with Crippen LogP contribution in [0.1, 0.15) is 43.2 Å². The minimum atomic E-state index is -3.57. The van der Waals surface area contributed by atoms with Crippen LogP contribution in [0.4, 0.5) is 0 Å². The maximum Gasteiger partial charge on any atom is 0.260 e. The summed E-state index contributed by atoms with van der Waals surface area (Å²) < 4.78 is 39.1. The SMILES string of the molecule is COc1ccc(CN(C)C(=O)COc2ccc(S(=O)(=O)NC3CCCCC3)cc2C)cc1. The second-order valence-corrected chi connectivity index (χ2v) is 9.98. The molecule has 174 valence electrons. The Morgan fingerprint density at radius 2 is 1.78 bits per heavy atom. The standard InChI is InChI=1S/C24H32N2O5S/c1-18-15-22(32(28,29)25-20-7-5-4-6-8-20)13-14-23(18)31-17-24(27)26(2)16-19-9-11-21(30-3)12-10-19/h9-15,20,25H,4-8,16-17H2,1-3H3. The summed E-state index contributed by atoms with van der Waals surface area (Å²) in [6.07, 6.45) is 5.04. The largest absolute Gasteiger partial charge is 0.497 e. The fraction of sp³-hybridized carbons (Fsp3) is 0.458. The minimum absolute atomic E-state index is 0.00356. The van der Waals surface area contributed by atoms with Gasteiger partial charge in [0.2, 0.25) is 10.0 Å². The third-order valence-corrected chi connectivity index (χ3v) is 7.26. The van der Waals surface area contributed by atoms with Crippen molar-refractivity contribution in [3.63, 3.8) is 0 Å². The van der Waals surface area contributed by atoms with Gasteiger partial charge in [0, 0.05) is 19.6 Å². The summed E-state index contributed by atoms with van der Waals surface area (Å²) in [6, 6.07) is 12.3. The maximum absolute atomic E-state index is 12.7. The second kappa shape index (κ2) is 10.8. The summed E-state index contributed by atoms with van der Waals surface area (Å²) in [6.45, 7) is 2.11. The third-order valence-electron chi connectivity index (χ3n) is 5.74. The number of rotatable bonds is 9. The first-order chi connectivity index (χ1) is 15.3. The van der Waals surface area contributed by atoms with Crippen LogP contribution in [0, 0.1) is 6.92 Å². The van der Waals surface area contributed by atoms with Crippen LogP contribution in [-0.2, 0) is 21.4 Å². The number of carbonyl (C=O) groups excluding carboxylic acids is 1. The molecular formula is C24H32N2O5S. The monoisotopic (exact) mass is 460 g/mol. The zero-order chi connectivity index (χ0) is 23.1. The molecule has 32 heavy (non-hydrogen) atoms. The molecule has 8 heteroatoms. The molecule has 1 N–H and O–H groups in total. The van der Waals surface area contributed by atoms with E-state index in [9.17, 15) is 13.2 Å². The number of nitrogens with zero attached hydrogens (tertiary/aromatic N) is 1. The molecule has 1 aliphatic rings. The van der Waals surface area contributed by atoms with Crippen LogP contribution in [0.15, 0.2) is 47.4 Å². The van der Waals surface area contributed by atoms with Gasteiger partial charge in [-0.2, -0.15) is 0 Å². The highest BCUT2D eigenvalue weighted by Gasteiger charge is 2.22. The van der Waals surface area contributed by atoms with Crippen molar-refractivity contribution >= 4 is 15.9 Å². The van der Waals surface area contributed by atoms with Crippen LogP contribution in [0.25, 0.3) is 0 Å². The predicted molar refractivity (Wildman–Crippen MR) is 123 cm³/mol. The van der Waals surface area contributed by atoms with Crippen molar-refractivity contribution in [1.82, 2.24) is 9.62 Å². The van der Waals surface area contributed by atoms with E-state index in [2.05, 4.69) is 4.72 Å². The van der Waals surface area contributed by atoms with Gasteiger partial charge in [-0.15, -0.1) is 0 Å². The van der Waals surface area contributed by atoms with Gasteiger partial charge < -0.3 is 14.4 Å². The fourth-order valence-corrected chi connectivity index (χ4v) is 5.19. The average molecular weight is 461 g/mol. The molecule has 2 aromatic rings. The molecule has 0 atom stereocenters. The molecule has 1 fully saturated rings. The van der Waals surface area contributed by atoms with E-state index in [4.69, 9.17) is 9.47 Å². The molecule has 0 bridgehead atoms. The van der Waals surface area contributed by atoms with Gasteiger partial charge in [0.15, 0.2) is 6.61 Å². The van der Waals surface area contributed by atoms with E-state index in [1.165, 1.54) is 6.07 Å². The van der Waals surface area contributed by atoms with E-state index in [1.54, 1.807) is 38.1 Å². The Hall–Kier alpha value is -2.58. The number of carbonyl (C=O) groups is 1. The first-order valence-electron chi connectivity index (χ1n) is 10.9. The van der Waals surface area contributed by atoms with Gasteiger partial charge >= 0.3 is 0 Å². The highest BCUT2D eigenvalue weighted by Crippen LogP contribution is 2.24. The van der Waals surface area contributed by atoms with Gasteiger partial charge in [-0.25, -0.2) is 13.1 Å². The Balaban J connectivity index is 1.55. The van der Waals surface area contributed by atoms with Gasteiger partial charge in [-0.05, 0) is 61.2 Å². The molecule has 0 radical (unpaired) electrons. The normalized spacial score (nSPS) is 14.7. The van der Waals surface area contributed by atoms with Crippen LogP contribution in [0.3, 0.4) is 0 Å². The second-order valence-electron chi connectivity index (χ2n) is 8.27. The van der Waals surface area contributed by atoms with Crippen molar-refractivity contribution in [2.45, 2.75) is 56.5 Å². The first-order valence-corrected chi connectivity index (χ1v) is 12.4. The first kappa shape index (κ1) is 24.1. The molecule has 0 unspecified atom stereocenters. The van der Waals surface area contributed by atoms with Crippen LogP contribution in [-0.4, -0.2) is 46.0 Å². The minimum Gasteiger partial charge on any atom is -0.497 e. The highest BCUT2D eigenvalue weighted by atomic mass is 32.2. The molecule has 1 amide bonds. The smallest absolute Gasteiger partial charge is 0.260 e. The fourth-order valence-electron chi connectivity index (χ4n) is 3.80. The van der Waals surface area contributed by atoms with Crippen molar-refractivity contribution in [2.24, 2.45) is 0 Å². The Morgan fingerprint density at radius 1 is 1.09 bits per heavy atom. The van der Waals surface area contributed by atoms with Crippen molar-refractivity contribution in [2.75, 3.05) is 20.8 Å². The van der Waals surface area contributed by atoms with Crippen LogP contribution < -0.4 is 14.2 Å². The molecule has 0 spiro atoms. The van der Waals surface area contributed by atoms with E-state index in [1.807, 2.05) is 24.3 Å². The van der Waals surface area contributed by atoms with Crippen molar-refractivity contribution < 1.29 is 22.7 Å². The summed E-state index contributed by atoms with van der Waals surface area (Å²) in [5.41, 5.74) is 1.65. The van der Waals surface area contributed by atoms with Gasteiger partial charge in [0.1, 0.15) is 11.5 Å². The topological polar surface area (TPSA) is 84.9 Å². The molecule has 2 aromatic carbocycles. The average Bonchev–Trinajstić information content (AvgIpc) is 2.78. The Bertz CT molecular complexity index is 1020. The molecule has 3 rings (SSSR count). The summed E-state index contributed by atoms with van der Waals surface area (Å²) in [5.74, 6) is 1.09. The molecule has 1 saturated carbocycles. The Labute approximate surface area is 190 Å². The number of benzene rings is 2. The van der Waals surface area contributed by atoms with E-state index in [0.29, 0.717) is 17.9 Å². The number of amides is 1. The lowest BCUT2D eigenvalue weighted by Crippen LogP contribution is -2.36. The number of methoxy groups -OCH3 is 1. The van der Waals surface area contributed by atoms with E-state index in [0.717, 1.165) is 43.4 Å². The number of sulfonamides is 1. The number of aryl methyl sites for hydroxylation is 1. The molecule has 0 aromatic heterocycles. The van der Waals surface area contributed by atoms with E-state index in [-0.39, 0.29) is 23.5 Å². The lowest BCUT2D eigenvalue weighted by molar-refractivity contribution is -0.132. The van der Waals surface area contributed by atoms with E-state index < -0.39 is 10.0 Å². The van der Waals surface area contributed by atoms with Gasteiger partial charge in [0.05, 0.1) is 12.0 Å². The molecular weight excluding hydrogens is 428 g/mol. The zero-order valence-electron chi connectivity index (χ0n) is 19.0. The number of nitrogens with one attached hydrogen (secondary N) is 1. The van der Waals surface area contributed by atoms with Crippen LogP contribution in [0.5, 0.6) is 11.5 Å². The number of likely N-dealkylation sites (N-methyl/N-ethyl adjacent to an activating group) is 1. The molecule has 0 heterocycles. The number of hydrogen-bond donors (Lipinski definition) is 1. The highest BCUT2D eigenvalue weighted by molar-refractivity contribution is 7.89. The Kier molecular flexibility index (Phi) is 8.15. The maximum atomic E-state index is 12.7. The summed E-state index contributed by atoms with van der Waals surface area (Å²) in [5, 5.41) is 0. The quantitative estimate of drug-likeness (QED) is 0.617. The van der Waals surface area contributed by atoms with Crippen molar-refractivity contribution in [3.05, 3.63) is 53.6 Å². The van der Waals surface area contributed by atoms with Crippen molar-refractivity contribution in [3.8, 4) is 11.5 Å². The lowest BCUT2D eigenvalue weighted by atomic mass is 9.96. The third kappa shape index (κ3) is 6.46. The number of ether oxygens (including phenoxy) is 2. The van der Waals surface area contributed by atoms with Gasteiger partial charge in [0.25, 0.3) is 5.91 Å². The predicted octanol–water partition coefficient (Wildman–Crippen LogP) is 3.65. The summed E-state index contributed by atoms with van der Waals surface area (Å²) in [4.78, 5) is 14.3. The molecule has 0 aliphatic heterocycles.